The van der Waals surface area contributed by atoms with Gasteiger partial charge >= 0.3 is 11.9 Å². The van der Waals surface area contributed by atoms with E-state index in [0.29, 0.717) is 30.5 Å². The average Bonchev–Trinajstić information content (AvgIpc) is 3.32. The summed E-state index contributed by atoms with van der Waals surface area (Å²) in [4.78, 5) is 37.5. The van der Waals surface area contributed by atoms with Gasteiger partial charge in [0.25, 0.3) is 7.82 Å². The van der Waals surface area contributed by atoms with Gasteiger partial charge in [-0.25, -0.2) is 0 Å². The maximum Gasteiger partial charge on any atom is 0.306 e. The van der Waals surface area contributed by atoms with Gasteiger partial charge in [-0.3, -0.25) is 14.2 Å². The average molecular weight is 778 g/mol. The minimum Gasteiger partial charge on any atom is -0.756 e. The fraction of sp³-hybridized carbons (Fsp3) is 0.950. The predicted octanol–water partition coefficient (Wildman–Crippen LogP) is 8.81. The van der Waals surface area contributed by atoms with E-state index < -0.39 is 43.7 Å². The molecule has 0 N–H and O–H groups in total. The number of ether oxygens (including phenoxy) is 3. The van der Waals surface area contributed by atoms with Crippen LogP contribution in [0.4, 0.5) is 0 Å². The van der Waals surface area contributed by atoms with Gasteiger partial charge in [0, 0.05) is 12.8 Å². The predicted molar refractivity (Wildman–Crippen MR) is 206 cm³/mol. The summed E-state index contributed by atoms with van der Waals surface area (Å²) < 4.78 is 39.8. The van der Waals surface area contributed by atoms with Crippen LogP contribution in [0.25, 0.3) is 0 Å². The molecule has 313 valence electrons. The van der Waals surface area contributed by atoms with Crippen molar-refractivity contribution in [2.45, 2.75) is 193 Å². The van der Waals surface area contributed by atoms with Crippen LogP contribution in [-0.2, 0) is 42.6 Å². The van der Waals surface area contributed by atoms with E-state index in [1.54, 1.807) is 0 Å². The van der Waals surface area contributed by atoms with E-state index in [0.717, 1.165) is 70.6 Å². The van der Waals surface area contributed by atoms with Crippen LogP contribution < -0.4 is 4.89 Å². The highest BCUT2D eigenvalue weighted by atomic mass is 31.2. The number of phosphoric ester groups is 1. The molecule has 3 atom stereocenters. The van der Waals surface area contributed by atoms with Crippen molar-refractivity contribution in [3.05, 3.63) is 0 Å². The first-order valence-corrected chi connectivity index (χ1v) is 22.4. The third-order valence-corrected chi connectivity index (χ3v) is 11.0. The number of carbonyl (C=O) groups is 2. The maximum atomic E-state index is 12.8. The summed E-state index contributed by atoms with van der Waals surface area (Å²) in [5, 5.41) is 13.9. The molecular formula is C40H78N2O10P. The third-order valence-electron chi connectivity index (χ3n) is 10.0. The molecule has 53 heavy (non-hydrogen) atoms. The van der Waals surface area contributed by atoms with E-state index in [2.05, 4.69) is 6.92 Å². The Morgan fingerprint density at radius 3 is 1.72 bits per heavy atom. The normalized spacial score (nSPS) is 19.3. The highest BCUT2D eigenvalue weighted by Crippen LogP contribution is 2.40. The number of phosphoric acid groups is 1. The molecule has 0 spiro atoms. The summed E-state index contributed by atoms with van der Waals surface area (Å²) in [5.74, 6) is -0.888. The fourth-order valence-electron chi connectivity index (χ4n) is 6.50. The monoisotopic (exact) mass is 778 g/mol. The molecular weight excluding hydrogens is 699 g/mol. The molecule has 0 bridgehead atoms. The zero-order chi connectivity index (χ0) is 39.6. The molecule has 1 radical (unpaired) electrons. The Hall–Kier alpha value is -1.11. The first-order valence-electron chi connectivity index (χ1n) is 20.9. The molecule has 1 saturated heterocycles. The van der Waals surface area contributed by atoms with Crippen molar-refractivity contribution in [1.29, 1.82) is 0 Å². The Bertz CT molecular complexity index is 1020. The first kappa shape index (κ1) is 49.9. The second-order valence-electron chi connectivity index (χ2n) is 16.7. The van der Waals surface area contributed by atoms with Crippen LogP contribution in [0.2, 0.25) is 0 Å². The van der Waals surface area contributed by atoms with Gasteiger partial charge < -0.3 is 32.6 Å². The van der Waals surface area contributed by atoms with Gasteiger partial charge in [0.15, 0.2) is 6.10 Å². The lowest BCUT2D eigenvalue weighted by atomic mass is 9.98. The number of carbonyl (C=O) groups excluding carboxylic acids is 2. The summed E-state index contributed by atoms with van der Waals surface area (Å²) in [5.41, 5.74) is -1.16. The number of unbranched alkanes of at least 4 members (excludes halogenated alkanes) is 17. The summed E-state index contributed by atoms with van der Waals surface area (Å²) >= 11 is 0. The van der Waals surface area contributed by atoms with Crippen molar-refractivity contribution in [3.8, 4) is 0 Å². The second kappa shape index (κ2) is 27.5. The zero-order valence-corrected chi connectivity index (χ0v) is 35.7. The highest BCUT2D eigenvalue weighted by molar-refractivity contribution is 7.45. The second-order valence-corrected chi connectivity index (χ2v) is 18.1. The molecule has 0 saturated carbocycles. The highest BCUT2D eigenvalue weighted by Gasteiger charge is 2.51. The smallest absolute Gasteiger partial charge is 0.306 e. The van der Waals surface area contributed by atoms with Crippen molar-refractivity contribution in [2.75, 3.05) is 54.1 Å². The molecule has 3 unspecified atom stereocenters. The number of likely N-dealkylation sites (N-methyl/N-ethyl adjacent to an activating group) is 1. The van der Waals surface area contributed by atoms with Crippen LogP contribution in [0.15, 0.2) is 0 Å². The number of hydroxylamine groups is 2. The van der Waals surface area contributed by atoms with Crippen molar-refractivity contribution in [1.82, 2.24) is 5.06 Å². The number of quaternary nitrogens is 1. The molecule has 1 aliphatic heterocycles. The number of nitrogens with zero attached hydrogens (tertiary/aromatic N) is 2. The lowest BCUT2D eigenvalue weighted by Gasteiger charge is -2.34. The van der Waals surface area contributed by atoms with E-state index in [1.165, 1.54) is 56.4 Å². The SMILES string of the molecule is CCCCCCCCCCCCCC(=O)OCC(COP(=O)([O-])OCC[N+](C)(C)C)OC(=O)CCCCCCCCCCC1(CC)OCC(C)(C)N1[O]. The van der Waals surface area contributed by atoms with Crippen LogP contribution in [0.3, 0.4) is 0 Å². The van der Waals surface area contributed by atoms with Crippen molar-refractivity contribution in [2.24, 2.45) is 0 Å². The lowest BCUT2D eigenvalue weighted by molar-refractivity contribution is -0.870. The van der Waals surface area contributed by atoms with Gasteiger partial charge in [0.2, 0.25) is 0 Å². The molecule has 1 fully saturated rings. The molecule has 13 heteroatoms. The number of hydrogen-bond donors (Lipinski definition) is 0. The lowest BCUT2D eigenvalue weighted by Crippen LogP contribution is -2.49. The van der Waals surface area contributed by atoms with Crippen molar-refractivity contribution in [3.63, 3.8) is 0 Å². The minimum atomic E-state index is -4.64. The van der Waals surface area contributed by atoms with E-state index in [4.69, 9.17) is 23.3 Å². The molecule has 1 heterocycles. The maximum absolute atomic E-state index is 12.8. The van der Waals surface area contributed by atoms with Gasteiger partial charge in [-0.05, 0) is 46.0 Å². The van der Waals surface area contributed by atoms with Crippen molar-refractivity contribution >= 4 is 19.8 Å². The van der Waals surface area contributed by atoms with Crippen LogP contribution >= 0.6 is 7.82 Å². The summed E-state index contributed by atoms with van der Waals surface area (Å²) in [7, 11) is 1.11. The zero-order valence-electron chi connectivity index (χ0n) is 34.8. The quantitative estimate of drug-likeness (QED) is 0.0269. The van der Waals surface area contributed by atoms with Gasteiger partial charge in [0.05, 0.1) is 39.9 Å². The fourth-order valence-corrected chi connectivity index (χ4v) is 7.23. The summed E-state index contributed by atoms with van der Waals surface area (Å²) in [6.07, 6.45) is 21.5. The Kier molecular flexibility index (Phi) is 25.9. The molecule has 1 rings (SSSR count). The van der Waals surface area contributed by atoms with Crippen molar-refractivity contribution < 1.29 is 52.0 Å². The molecule has 0 aromatic carbocycles. The number of esters is 2. The van der Waals surface area contributed by atoms with Gasteiger partial charge in [0.1, 0.15) is 25.5 Å². The van der Waals surface area contributed by atoms with Crippen LogP contribution in [0.5, 0.6) is 0 Å². The Morgan fingerprint density at radius 2 is 1.25 bits per heavy atom. The Balaban J connectivity index is 2.36. The number of hydrogen-bond acceptors (Lipinski definition) is 10. The van der Waals surface area contributed by atoms with Crippen LogP contribution in [0.1, 0.15) is 175 Å². The third kappa shape index (κ3) is 24.2. The topological polar surface area (TPSA) is 144 Å². The number of rotatable bonds is 34. The Labute approximate surface area is 323 Å². The largest absolute Gasteiger partial charge is 0.756 e. The summed E-state index contributed by atoms with van der Waals surface area (Å²) in [6, 6.07) is 0. The molecule has 0 aliphatic carbocycles. The van der Waals surface area contributed by atoms with E-state index in [-0.39, 0.29) is 26.1 Å². The van der Waals surface area contributed by atoms with E-state index in [1.807, 2.05) is 41.9 Å². The van der Waals surface area contributed by atoms with E-state index in [9.17, 15) is 24.3 Å². The molecule has 0 amide bonds. The molecule has 1 aliphatic rings. The van der Waals surface area contributed by atoms with Gasteiger partial charge in [-0.15, -0.1) is 10.3 Å². The standard InChI is InChI=1S/C40H78N2O10P/c1-8-10-11-12-13-14-15-16-19-22-25-28-37(43)48-33-36(34-51-53(46,47)50-32-31-42(5,6)7)52-38(44)29-26-23-20-17-18-21-24-27-30-40(9-2)41(45)39(3,4)35-49-40/h36H,8-35H2,1-7H3. The first-order chi connectivity index (χ1) is 25.1. The molecule has 12 nitrogen and oxygen atoms in total. The summed E-state index contributed by atoms with van der Waals surface area (Å²) in [6.45, 7) is 8.22. The van der Waals surface area contributed by atoms with E-state index >= 15 is 0 Å². The van der Waals surface area contributed by atoms with Crippen LogP contribution in [0, 0.1) is 0 Å². The Morgan fingerprint density at radius 1 is 0.755 bits per heavy atom. The molecule has 0 aromatic heterocycles. The minimum absolute atomic E-state index is 0.0458. The molecule has 0 aromatic rings. The van der Waals surface area contributed by atoms with Gasteiger partial charge in [-0.2, -0.15) is 0 Å². The van der Waals surface area contributed by atoms with Crippen LogP contribution in [-0.4, -0.2) is 93.0 Å². The van der Waals surface area contributed by atoms with Gasteiger partial charge in [-0.1, -0.05) is 117 Å².